The lowest BCUT2D eigenvalue weighted by molar-refractivity contribution is -0.192. The summed E-state index contributed by atoms with van der Waals surface area (Å²) < 4.78 is 44.2. The third-order valence-electron chi connectivity index (χ3n) is 6.49. The molecule has 1 aromatic rings. The summed E-state index contributed by atoms with van der Waals surface area (Å²) in [7, 11) is 0. The van der Waals surface area contributed by atoms with E-state index < -0.39 is 12.1 Å². The fourth-order valence-corrected chi connectivity index (χ4v) is 5.70. The predicted molar refractivity (Wildman–Crippen MR) is 112 cm³/mol. The van der Waals surface area contributed by atoms with Crippen LogP contribution in [0.2, 0.25) is 0 Å². The molecule has 0 spiro atoms. The molecule has 3 heterocycles. The van der Waals surface area contributed by atoms with E-state index >= 15 is 0 Å². The molecule has 31 heavy (non-hydrogen) atoms. The fraction of sp³-hybridized carbons (Fsp3) is 0.773. The Balaban J connectivity index is 0.000000339. The maximum absolute atomic E-state index is 10.6. The minimum absolute atomic E-state index is 0.229. The van der Waals surface area contributed by atoms with Crippen molar-refractivity contribution in [3.8, 4) is 0 Å². The van der Waals surface area contributed by atoms with Crippen molar-refractivity contribution < 1.29 is 32.5 Å². The van der Waals surface area contributed by atoms with Crippen molar-refractivity contribution in [3.05, 3.63) is 22.4 Å². The maximum Gasteiger partial charge on any atom is 0.490 e. The van der Waals surface area contributed by atoms with E-state index in [0.29, 0.717) is 6.10 Å². The van der Waals surface area contributed by atoms with E-state index in [1.54, 1.807) is 0 Å². The van der Waals surface area contributed by atoms with Gasteiger partial charge in [0.25, 0.3) is 0 Å². The van der Waals surface area contributed by atoms with E-state index in [-0.39, 0.29) is 5.41 Å². The Morgan fingerprint density at radius 2 is 2.03 bits per heavy atom. The van der Waals surface area contributed by atoms with Crippen LogP contribution in [0.25, 0.3) is 0 Å². The van der Waals surface area contributed by atoms with E-state index in [9.17, 15) is 13.2 Å². The molecule has 2 atom stereocenters. The molecule has 0 aromatic carbocycles. The molecule has 1 N–H and O–H groups in total. The van der Waals surface area contributed by atoms with Gasteiger partial charge in [0.1, 0.15) is 0 Å². The highest BCUT2D eigenvalue weighted by atomic mass is 32.1. The molecule has 9 heteroatoms. The van der Waals surface area contributed by atoms with Crippen LogP contribution in [0.4, 0.5) is 13.2 Å². The number of fused-ring (bicyclic) bond motifs is 1. The summed E-state index contributed by atoms with van der Waals surface area (Å²) >= 11 is 1.88. The molecule has 5 nitrogen and oxygen atoms in total. The zero-order valence-corrected chi connectivity index (χ0v) is 18.6. The third-order valence-corrected chi connectivity index (χ3v) is 7.35. The van der Waals surface area contributed by atoms with Crippen molar-refractivity contribution in [1.82, 2.24) is 4.90 Å². The molecule has 0 radical (unpaired) electrons. The number of hydrogen-bond acceptors (Lipinski definition) is 5. The van der Waals surface area contributed by atoms with E-state index in [4.69, 9.17) is 19.4 Å². The highest BCUT2D eigenvalue weighted by molar-refractivity contribution is 7.09. The largest absolute Gasteiger partial charge is 0.490 e. The smallest absolute Gasteiger partial charge is 0.475 e. The number of likely N-dealkylation sites (tertiary alicyclic amines) is 1. The minimum Gasteiger partial charge on any atom is -0.475 e. The number of halogens is 3. The number of thiophene rings is 1. The van der Waals surface area contributed by atoms with Crippen molar-refractivity contribution >= 4 is 17.3 Å². The molecular weight excluding hydrogens is 431 g/mol. The zero-order chi connectivity index (χ0) is 22.3. The lowest BCUT2D eigenvalue weighted by Crippen LogP contribution is -2.56. The van der Waals surface area contributed by atoms with Gasteiger partial charge < -0.3 is 14.6 Å². The number of carboxylic acids is 1. The Kier molecular flexibility index (Phi) is 8.78. The van der Waals surface area contributed by atoms with Gasteiger partial charge >= 0.3 is 12.1 Å². The monoisotopic (exact) mass is 463 g/mol. The van der Waals surface area contributed by atoms with Crippen LogP contribution in [0, 0.1) is 11.3 Å². The molecule has 176 valence electrons. The number of ether oxygens (including phenoxy) is 2. The number of rotatable bonds is 6. The average molecular weight is 464 g/mol. The lowest BCUT2D eigenvalue weighted by atomic mass is 9.73. The Hall–Kier alpha value is -1.16. The number of aliphatic carboxylic acids is 1. The first kappa shape index (κ1) is 24.5. The normalized spacial score (nSPS) is 27.4. The minimum atomic E-state index is -5.08. The second kappa shape index (κ2) is 11.1. The highest BCUT2D eigenvalue weighted by Crippen LogP contribution is 2.41. The van der Waals surface area contributed by atoms with Crippen molar-refractivity contribution in [2.75, 3.05) is 32.9 Å². The molecule has 1 aliphatic carbocycles. The van der Waals surface area contributed by atoms with E-state index in [0.717, 1.165) is 51.8 Å². The molecule has 2 unspecified atom stereocenters. The van der Waals surface area contributed by atoms with Gasteiger partial charge in [-0.25, -0.2) is 4.79 Å². The average Bonchev–Trinajstić information content (AvgIpc) is 3.42. The molecule has 4 rings (SSSR count). The van der Waals surface area contributed by atoms with Gasteiger partial charge in [-0.1, -0.05) is 18.9 Å². The van der Waals surface area contributed by atoms with Gasteiger partial charge in [0.15, 0.2) is 0 Å². The Labute approximate surface area is 185 Å². The summed E-state index contributed by atoms with van der Waals surface area (Å²) in [5.41, 5.74) is 0.229. The number of alkyl halides is 3. The summed E-state index contributed by atoms with van der Waals surface area (Å²) in [6, 6.07) is 4.42. The predicted octanol–water partition coefficient (Wildman–Crippen LogP) is 4.96. The van der Waals surface area contributed by atoms with Crippen LogP contribution < -0.4 is 0 Å². The summed E-state index contributed by atoms with van der Waals surface area (Å²) in [6.07, 6.45) is 4.50. The molecule has 1 saturated carbocycles. The molecule has 0 amide bonds. The van der Waals surface area contributed by atoms with Crippen LogP contribution in [-0.4, -0.2) is 61.2 Å². The Bertz CT molecular complexity index is 679. The number of carbonyl (C=O) groups is 1. The molecule has 3 fully saturated rings. The SMILES string of the molecule is O=C(O)C(F)(F)F.c1csc(CN2CCC3OCCCC3(COCC3CCCC3)C2)c1. The molecular formula is C22H32F3NO4S. The van der Waals surface area contributed by atoms with Crippen molar-refractivity contribution in [1.29, 1.82) is 0 Å². The number of carboxylic acid groups (broad SMARTS) is 1. The number of hydrogen-bond donors (Lipinski definition) is 1. The van der Waals surface area contributed by atoms with E-state index in [1.165, 1.54) is 43.4 Å². The van der Waals surface area contributed by atoms with Crippen molar-refractivity contribution in [3.63, 3.8) is 0 Å². The van der Waals surface area contributed by atoms with E-state index in [2.05, 4.69) is 22.4 Å². The lowest BCUT2D eigenvalue weighted by Gasteiger charge is -2.50. The quantitative estimate of drug-likeness (QED) is 0.646. The Morgan fingerprint density at radius 1 is 1.29 bits per heavy atom. The Morgan fingerprint density at radius 3 is 2.68 bits per heavy atom. The highest BCUT2D eigenvalue weighted by Gasteiger charge is 2.46. The third kappa shape index (κ3) is 7.17. The van der Waals surface area contributed by atoms with Gasteiger partial charge in [0.05, 0.1) is 12.7 Å². The van der Waals surface area contributed by atoms with Gasteiger partial charge in [0, 0.05) is 43.1 Å². The topological polar surface area (TPSA) is 59.0 Å². The molecule has 0 bridgehead atoms. The molecule has 3 aliphatic rings. The summed E-state index contributed by atoms with van der Waals surface area (Å²) in [5.74, 6) is -1.94. The van der Waals surface area contributed by atoms with Crippen LogP contribution in [0.1, 0.15) is 49.8 Å². The molecule has 1 aromatic heterocycles. The van der Waals surface area contributed by atoms with Gasteiger partial charge in [-0.3, -0.25) is 4.90 Å². The standard InChI is InChI=1S/C20H31NO2S.C2HF3O2/c1-2-6-17(5-1)14-22-16-20-9-4-11-23-19(20)8-10-21(15-20)13-18-7-3-12-24-18;3-2(4,5)1(6)7/h3,7,12,17,19H,1-2,4-6,8-11,13-16H2;(H,6,7). The second-order valence-corrected chi connectivity index (χ2v) is 9.90. The summed E-state index contributed by atoms with van der Waals surface area (Å²) in [6.45, 7) is 6.20. The van der Waals surface area contributed by atoms with Gasteiger partial charge in [-0.05, 0) is 49.5 Å². The fourth-order valence-electron chi connectivity index (χ4n) is 4.96. The summed E-state index contributed by atoms with van der Waals surface area (Å²) in [4.78, 5) is 13.0. The van der Waals surface area contributed by atoms with Crippen molar-refractivity contribution in [2.24, 2.45) is 11.3 Å². The van der Waals surface area contributed by atoms with Crippen LogP contribution >= 0.6 is 11.3 Å². The van der Waals surface area contributed by atoms with E-state index in [1.807, 2.05) is 11.3 Å². The molecule has 2 saturated heterocycles. The van der Waals surface area contributed by atoms with Gasteiger partial charge in [-0.15, -0.1) is 11.3 Å². The maximum atomic E-state index is 10.6. The first-order chi connectivity index (χ1) is 14.8. The van der Waals surface area contributed by atoms with Crippen molar-refractivity contribution in [2.45, 2.75) is 63.8 Å². The summed E-state index contributed by atoms with van der Waals surface area (Å²) in [5, 5.41) is 9.31. The van der Waals surface area contributed by atoms with Crippen LogP contribution in [-0.2, 0) is 20.8 Å². The first-order valence-electron chi connectivity index (χ1n) is 11.0. The number of piperidine rings is 1. The number of nitrogens with zero attached hydrogens (tertiary/aromatic N) is 1. The second-order valence-electron chi connectivity index (χ2n) is 8.87. The first-order valence-corrected chi connectivity index (χ1v) is 11.9. The van der Waals surface area contributed by atoms with Gasteiger partial charge in [-0.2, -0.15) is 13.2 Å². The van der Waals surface area contributed by atoms with Gasteiger partial charge in [0.2, 0.25) is 0 Å². The van der Waals surface area contributed by atoms with Crippen LogP contribution in [0.5, 0.6) is 0 Å². The van der Waals surface area contributed by atoms with Crippen LogP contribution in [0.3, 0.4) is 0 Å². The zero-order valence-electron chi connectivity index (χ0n) is 17.7. The molecule has 2 aliphatic heterocycles. The van der Waals surface area contributed by atoms with Crippen LogP contribution in [0.15, 0.2) is 17.5 Å².